The van der Waals surface area contributed by atoms with Crippen LogP contribution in [0.1, 0.15) is 0 Å². The zero-order chi connectivity index (χ0) is 15.5. The van der Waals surface area contributed by atoms with Crippen LogP contribution in [0.3, 0.4) is 0 Å². The summed E-state index contributed by atoms with van der Waals surface area (Å²) in [6, 6.07) is 5.82. The van der Waals surface area contributed by atoms with E-state index in [1.54, 1.807) is 6.07 Å². The lowest BCUT2D eigenvalue weighted by molar-refractivity contribution is -0.384. The first-order valence-corrected chi connectivity index (χ1v) is 6.16. The molecule has 2 heterocycles. The van der Waals surface area contributed by atoms with Gasteiger partial charge in [0.25, 0.3) is 0 Å². The summed E-state index contributed by atoms with van der Waals surface area (Å²) in [6.07, 6.45) is 5.52. The van der Waals surface area contributed by atoms with Crippen molar-refractivity contribution in [1.82, 2.24) is 19.5 Å². The summed E-state index contributed by atoms with van der Waals surface area (Å²) < 4.78 is 15.1. The summed E-state index contributed by atoms with van der Waals surface area (Å²) in [7, 11) is 0. The molecule has 0 amide bonds. The van der Waals surface area contributed by atoms with E-state index in [2.05, 4.69) is 20.3 Å². The molecule has 8 nitrogen and oxygen atoms in total. The summed E-state index contributed by atoms with van der Waals surface area (Å²) in [4.78, 5) is 22.3. The fourth-order valence-electron chi connectivity index (χ4n) is 1.89. The van der Waals surface area contributed by atoms with Crippen molar-refractivity contribution < 1.29 is 9.31 Å². The number of halogens is 1. The van der Waals surface area contributed by atoms with Gasteiger partial charge < -0.3 is 5.32 Å². The topological polar surface area (TPSA) is 98.8 Å². The highest BCUT2D eigenvalue weighted by Gasteiger charge is 2.24. The lowest BCUT2D eigenvalue weighted by atomic mass is 10.3. The lowest BCUT2D eigenvalue weighted by Gasteiger charge is -2.09. The molecule has 2 aromatic heterocycles. The van der Waals surface area contributed by atoms with Gasteiger partial charge in [0.05, 0.1) is 10.6 Å². The molecule has 1 N–H and O–H groups in total. The summed E-state index contributed by atoms with van der Waals surface area (Å²) in [6.45, 7) is 0. The number of para-hydroxylation sites is 1. The SMILES string of the molecule is O=[N+]([O-])c1c(Nc2ccccc2F)ncnc1-n1ccnc1. The molecule has 0 aliphatic rings. The predicted octanol–water partition coefficient (Wildman–Crippen LogP) is 2.45. The van der Waals surface area contributed by atoms with Gasteiger partial charge >= 0.3 is 5.69 Å². The van der Waals surface area contributed by atoms with E-state index in [9.17, 15) is 14.5 Å². The Morgan fingerprint density at radius 2 is 2.09 bits per heavy atom. The number of nitrogens with zero attached hydrogens (tertiary/aromatic N) is 5. The highest BCUT2D eigenvalue weighted by Crippen LogP contribution is 2.30. The van der Waals surface area contributed by atoms with E-state index in [0.29, 0.717) is 0 Å². The maximum atomic E-state index is 13.7. The Morgan fingerprint density at radius 3 is 2.77 bits per heavy atom. The van der Waals surface area contributed by atoms with Gasteiger partial charge in [0.1, 0.15) is 18.5 Å². The molecule has 0 saturated carbocycles. The second-order valence-corrected chi connectivity index (χ2v) is 4.23. The highest BCUT2D eigenvalue weighted by molar-refractivity contribution is 5.70. The van der Waals surface area contributed by atoms with Gasteiger partial charge in [-0.05, 0) is 12.1 Å². The van der Waals surface area contributed by atoms with E-state index >= 15 is 0 Å². The number of imidazole rings is 1. The number of benzene rings is 1. The summed E-state index contributed by atoms with van der Waals surface area (Å²) in [5, 5.41) is 14.0. The van der Waals surface area contributed by atoms with E-state index < -0.39 is 10.7 Å². The molecule has 0 aliphatic carbocycles. The van der Waals surface area contributed by atoms with Crippen LogP contribution < -0.4 is 5.32 Å². The molecule has 0 radical (unpaired) electrons. The lowest BCUT2D eigenvalue weighted by Crippen LogP contribution is -2.07. The summed E-state index contributed by atoms with van der Waals surface area (Å²) in [5.41, 5.74) is -0.287. The minimum atomic E-state index is -0.626. The fraction of sp³-hybridized carbons (Fsp3) is 0. The first kappa shape index (κ1) is 13.6. The molecule has 0 atom stereocenters. The van der Waals surface area contributed by atoms with Crippen LogP contribution in [0.15, 0.2) is 49.3 Å². The van der Waals surface area contributed by atoms with Crippen molar-refractivity contribution in [3.8, 4) is 5.82 Å². The highest BCUT2D eigenvalue weighted by atomic mass is 19.1. The first-order chi connectivity index (χ1) is 10.7. The van der Waals surface area contributed by atoms with Crippen LogP contribution in [-0.4, -0.2) is 24.4 Å². The van der Waals surface area contributed by atoms with E-state index in [4.69, 9.17) is 0 Å². The number of anilines is 2. The number of aromatic nitrogens is 4. The van der Waals surface area contributed by atoms with Gasteiger partial charge in [-0.25, -0.2) is 19.3 Å². The van der Waals surface area contributed by atoms with Gasteiger partial charge in [-0.15, -0.1) is 0 Å². The van der Waals surface area contributed by atoms with Crippen molar-refractivity contribution in [1.29, 1.82) is 0 Å². The van der Waals surface area contributed by atoms with Crippen molar-refractivity contribution in [2.45, 2.75) is 0 Å². The van der Waals surface area contributed by atoms with Crippen molar-refractivity contribution in [3.63, 3.8) is 0 Å². The van der Waals surface area contributed by atoms with Crippen molar-refractivity contribution in [3.05, 3.63) is 65.2 Å². The van der Waals surface area contributed by atoms with Crippen LogP contribution in [0.5, 0.6) is 0 Å². The maximum absolute atomic E-state index is 13.7. The third-order valence-electron chi connectivity index (χ3n) is 2.86. The Labute approximate surface area is 123 Å². The van der Waals surface area contributed by atoms with Gasteiger partial charge in [0.2, 0.25) is 11.6 Å². The van der Waals surface area contributed by atoms with Gasteiger partial charge in [-0.3, -0.25) is 14.7 Å². The van der Waals surface area contributed by atoms with Crippen LogP contribution in [-0.2, 0) is 0 Å². The first-order valence-electron chi connectivity index (χ1n) is 6.16. The third kappa shape index (κ3) is 2.46. The molecule has 9 heteroatoms. The minimum Gasteiger partial charge on any atom is -0.332 e. The van der Waals surface area contributed by atoms with E-state index in [-0.39, 0.29) is 23.0 Å². The van der Waals surface area contributed by atoms with Gasteiger partial charge in [0, 0.05) is 12.4 Å². The second kappa shape index (κ2) is 5.56. The molecule has 0 bridgehead atoms. The zero-order valence-electron chi connectivity index (χ0n) is 11.0. The monoisotopic (exact) mass is 300 g/mol. The van der Waals surface area contributed by atoms with Gasteiger partial charge in [0.15, 0.2) is 0 Å². The Balaban J connectivity index is 2.10. The average Bonchev–Trinajstić information content (AvgIpc) is 3.03. The Hall–Kier alpha value is -3.36. The largest absolute Gasteiger partial charge is 0.354 e. The van der Waals surface area contributed by atoms with Crippen LogP contribution in [0.4, 0.5) is 21.6 Å². The third-order valence-corrected chi connectivity index (χ3v) is 2.86. The van der Waals surface area contributed by atoms with Crippen molar-refractivity contribution >= 4 is 17.2 Å². The fourth-order valence-corrected chi connectivity index (χ4v) is 1.89. The number of nitro groups is 1. The van der Waals surface area contributed by atoms with E-state index in [1.807, 2.05) is 0 Å². The smallest absolute Gasteiger partial charge is 0.332 e. The number of rotatable bonds is 4. The minimum absolute atomic E-state index is 0.0383. The van der Waals surface area contributed by atoms with Gasteiger partial charge in [-0.1, -0.05) is 12.1 Å². The Morgan fingerprint density at radius 1 is 1.27 bits per heavy atom. The molecule has 3 aromatic rings. The molecule has 0 unspecified atom stereocenters. The maximum Gasteiger partial charge on any atom is 0.354 e. The zero-order valence-corrected chi connectivity index (χ0v) is 11.0. The number of hydrogen-bond donors (Lipinski definition) is 1. The number of hydrogen-bond acceptors (Lipinski definition) is 6. The molecule has 110 valence electrons. The van der Waals surface area contributed by atoms with Crippen LogP contribution >= 0.6 is 0 Å². The van der Waals surface area contributed by atoms with Gasteiger partial charge in [-0.2, -0.15) is 0 Å². The summed E-state index contributed by atoms with van der Waals surface area (Å²) in [5.74, 6) is -0.607. The Bertz CT molecular complexity index is 821. The molecule has 0 fully saturated rings. The van der Waals surface area contributed by atoms with Crippen molar-refractivity contribution in [2.75, 3.05) is 5.32 Å². The second-order valence-electron chi connectivity index (χ2n) is 4.23. The Kier molecular flexibility index (Phi) is 3.44. The quantitative estimate of drug-likeness (QED) is 0.587. The molecular weight excluding hydrogens is 291 g/mol. The summed E-state index contributed by atoms with van der Waals surface area (Å²) >= 11 is 0. The standard InChI is InChI=1S/C13H9FN6O2/c14-9-3-1-2-4-10(9)18-12-11(20(21)22)13(17-7-16-12)19-6-5-15-8-19/h1-8H,(H,16,17,18). The molecule has 3 rings (SSSR count). The molecule has 0 aliphatic heterocycles. The molecule has 22 heavy (non-hydrogen) atoms. The van der Waals surface area contributed by atoms with Crippen LogP contribution in [0.2, 0.25) is 0 Å². The predicted molar refractivity (Wildman–Crippen MR) is 75.5 cm³/mol. The molecule has 0 saturated heterocycles. The van der Waals surface area contributed by atoms with E-state index in [0.717, 1.165) is 6.33 Å². The van der Waals surface area contributed by atoms with Crippen molar-refractivity contribution in [2.24, 2.45) is 0 Å². The van der Waals surface area contributed by atoms with E-state index in [1.165, 1.54) is 41.5 Å². The normalized spacial score (nSPS) is 10.4. The van der Waals surface area contributed by atoms with Crippen LogP contribution in [0, 0.1) is 15.9 Å². The number of nitrogens with one attached hydrogen (secondary N) is 1. The molecular formula is C13H9FN6O2. The van der Waals surface area contributed by atoms with Crippen LogP contribution in [0.25, 0.3) is 5.82 Å². The molecule has 0 spiro atoms. The average molecular weight is 300 g/mol. The molecule has 1 aromatic carbocycles.